The Morgan fingerprint density at radius 1 is 1.43 bits per heavy atom. The monoisotopic (exact) mass is 212 g/mol. The van der Waals surface area contributed by atoms with Crippen molar-refractivity contribution in [1.29, 1.82) is 0 Å². The smallest absolute Gasteiger partial charge is 0.137 e. The SMILES string of the molecule is CN1CCN(Cc2cc(N)ns2)CC1. The van der Waals surface area contributed by atoms with E-state index in [1.807, 2.05) is 6.07 Å². The number of anilines is 1. The molecule has 0 aromatic carbocycles. The third-order valence-corrected chi connectivity index (χ3v) is 3.34. The van der Waals surface area contributed by atoms with Gasteiger partial charge in [-0.25, -0.2) is 0 Å². The molecule has 0 saturated carbocycles. The summed E-state index contributed by atoms with van der Waals surface area (Å²) in [6.45, 7) is 5.62. The average Bonchev–Trinajstić information content (AvgIpc) is 2.56. The third-order valence-electron chi connectivity index (χ3n) is 2.55. The van der Waals surface area contributed by atoms with Crippen molar-refractivity contribution in [3.05, 3.63) is 10.9 Å². The Labute approximate surface area is 88.5 Å². The summed E-state index contributed by atoms with van der Waals surface area (Å²) in [7, 11) is 2.17. The molecular weight excluding hydrogens is 196 g/mol. The van der Waals surface area contributed by atoms with Crippen molar-refractivity contribution < 1.29 is 0 Å². The van der Waals surface area contributed by atoms with Crippen LogP contribution in [-0.2, 0) is 6.54 Å². The van der Waals surface area contributed by atoms with Crippen LogP contribution in [0.15, 0.2) is 6.07 Å². The van der Waals surface area contributed by atoms with Gasteiger partial charge in [-0.3, -0.25) is 4.90 Å². The topological polar surface area (TPSA) is 45.4 Å². The molecule has 1 aliphatic rings. The fraction of sp³-hybridized carbons (Fsp3) is 0.667. The fourth-order valence-electron chi connectivity index (χ4n) is 1.63. The molecule has 1 aromatic heterocycles. The molecule has 14 heavy (non-hydrogen) atoms. The van der Waals surface area contributed by atoms with Crippen LogP contribution in [0.4, 0.5) is 5.82 Å². The van der Waals surface area contributed by atoms with E-state index >= 15 is 0 Å². The predicted molar refractivity (Wildman–Crippen MR) is 59.3 cm³/mol. The van der Waals surface area contributed by atoms with Crippen LogP contribution in [0.1, 0.15) is 4.88 Å². The van der Waals surface area contributed by atoms with E-state index in [2.05, 4.69) is 21.2 Å². The van der Waals surface area contributed by atoms with E-state index in [9.17, 15) is 0 Å². The second kappa shape index (κ2) is 4.25. The molecule has 1 fully saturated rings. The highest BCUT2D eigenvalue weighted by Gasteiger charge is 2.14. The summed E-state index contributed by atoms with van der Waals surface area (Å²) < 4.78 is 4.08. The van der Waals surface area contributed by atoms with Crippen molar-refractivity contribution >= 4 is 17.4 Å². The van der Waals surface area contributed by atoms with E-state index in [-0.39, 0.29) is 0 Å². The van der Waals surface area contributed by atoms with Crippen LogP contribution in [0.25, 0.3) is 0 Å². The number of piperazine rings is 1. The Morgan fingerprint density at radius 2 is 2.14 bits per heavy atom. The molecule has 78 valence electrons. The van der Waals surface area contributed by atoms with Crippen molar-refractivity contribution in [3.8, 4) is 0 Å². The molecule has 0 atom stereocenters. The molecule has 1 aliphatic heterocycles. The van der Waals surface area contributed by atoms with Crippen LogP contribution in [0.2, 0.25) is 0 Å². The van der Waals surface area contributed by atoms with E-state index in [0.29, 0.717) is 5.82 Å². The van der Waals surface area contributed by atoms with Gasteiger partial charge in [0.25, 0.3) is 0 Å². The minimum atomic E-state index is 0.652. The van der Waals surface area contributed by atoms with Crippen molar-refractivity contribution in [2.75, 3.05) is 39.0 Å². The summed E-state index contributed by atoms with van der Waals surface area (Å²) in [6.07, 6.45) is 0. The molecule has 4 nitrogen and oxygen atoms in total. The summed E-state index contributed by atoms with van der Waals surface area (Å²) in [5.41, 5.74) is 5.58. The highest BCUT2D eigenvalue weighted by atomic mass is 32.1. The van der Waals surface area contributed by atoms with Crippen LogP contribution in [0, 0.1) is 0 Å². The molecule has 0 unspecified atom stereocenters. The van der Waals surface area contributed by atoms with Crippen LogP contribution in [0.3, 0.4) is 0 Å². The molecule has 1 saturated heterocycles. The number of likely N-dealkylation sites (N-methyl/N-ethyl adjacent to an activating group) is 1. The lowest BCUT2D eigenvalue weighted by Crippen LogP contribution is -2.43. The number of aromatic nitrogens is 1. The molecule has 2 N–H and O–H groups in total. The maximum absolute atomic E-state index is 5.58. The van der Waals surface area contributed by atoms with Crippen molar-refractivity contribution in [3.63, 3.8) is 0 Å². The number of nitrogens with zero attached hydrogens (tertiary/aromatic N) is 3. The normalized spacial score (nSPS) is 20.1. The first-order valence-corrected chi connectivity index (χ1v) is 5.63. The van der Waals surface area contributed by atoms with Gasteiger partial charge in [-0.1, -0.05) is 0 Å². The lowest BCUT2D eigenvalue weighted by molar-refractivity contribution is 0.149. The van der Waals surface area contributed by atoms with Crippen molar-refractivity contribution in [2.45, 2.75) is 6.54 Å². The van der Waals surface area contributed by atoms with E-state index in [1.165, 1.54) is 16.4 Å². The first kappa shape index (κ1) is 9.89. The predicted octanol–water partition coefficient (Wildman–Crippen LogP) is 0.473. The van der Waals surface area contributed by atoms with Gasteiger partial charge < -0.3 is 10.6 Å². The summed E-state index contributed by atoms with van der Waals surface area (Å²) in [5.74, 6) is 0.652. The quantitative estimate of drug-likeness (QED) is 0.774. The number of nitrogen functional groups attached to an aromatic ring is 1. The summed E-state index contributed by atoms with van der Waals surface area (Å²) in [4.78, 5) is 6.08. The van der Waals surface area contributed by atoms with Gasteiger partial charge in [0.15, 0.2) is 0 Å². The van der Waals surface area contributed by atoms with Crippen molar-refractivity contribution in [1.82, 2.24) is 14.2 Å². The number of rotatable bonds is 2. The van der Waals surface area contributed by atoms with Gasteiger partial charge in [0.2, 0.25) is 0 Å². The van der Waals surface area contributed by atoms with Gasteiger partial charge in [-0.15, -0.1) is 0 Å². The molecule has 2 rings (SSSR count). The fourth-order valence-corrected chi connectivity index (χ4v) is 2.32. The lowest BCUT2D eigenvalue weighted by Gasteiger charge is -2.31. The Bertz CT molecular complexity index is 291. The van der Waals surface area contributed by atoms with Crippen molar-refractivity contribution in [2.24, 2.45) is 0 Å². The van der Waals surface area contributed by atoms with E-state index in [4.69, 9.17) is 5.73 Å². The Morgan fingerprint density at radius 3 is 2.71 bits per heavy atom. The summed E-state index contributed by atoms with van der Waals surface area (Å²) >= 11 is 1.51. The van der Waals surface area contributed by atoms with Gasteiger partial charge in [-0.05, 0) is 24.6 Å². The molecule has 0 bridgehead atoms. The molecule has 1 aromatic rings. The van der Waals surface area contributed by atoms with E-state index in [0.717, 1.165) is 32.7 Å². The molecule has 0 radical (unpaired) electrons. The third kappa shape index (κ3) is 2.43. The van der Waals surface area contributed by atoms with Gasteiger partial charge in [0, 0.05) is 37.6 Å². The molecule has 0 aliphatic carbocycles. The highest BCUT2D eigenvalue weighted by molar-refractivity contribution is 7.06. The maximum Gasteiger partial charge on any atom is 0.137 e. The zero-order valence-electron chi connectivity index (χ0n) is 8.44. The highest BCUT2D eigenvalue weighted by Crippen LogP contribution is 2.14. The molecular formula is C9H16N4S. The number of nitrogens with two attached hydrogens (primary N) is 1. The number of hydrogen-bond acceptors (Lipinski definition) is 5. The minimum Gasteiger partial charge on any atom is -0.383 e. The van der Waals surface area contributed by atoms with Crippen LogP contribution < -0.4 is 5.73 Å². The largest absolute Gasteiger partial charge is 0.383 e. The average molecular weight is 212 g/mol. The molecule has 2 heterocycles. The summed E-state index contributed by atoms with van der Waals surface area (Å²) in [6, 6.07) is 1.98. The second-order valence-electron chi connectivity index (χ2n) is 3.80. The maximum atomic E-state index is 5.58. The van der Waals surface area contributed by atoms with E-state index in [1.54, 1.807) is 0 Å². The first-order chi connectivity index (χ1) is 6.74. The van der Waals surface area contributed by atoms with Gasteiger partial charge in [0.05, 0.1) is 0 Å². The Balaban J connectivity index is 1.86. The summed E-state index contributed by atoms with van der Waals surface area (Å²) in [5, 5.41) is 0. The van der Waals surface area contributed by atoms with Crippen LogP contribution >= 0.6 is 11.5 Å². The van der Waals surface area contributed by atoms with Crippen LogP contribution in [0.5, 0.6) is 0 Å². The molecule has 5 heteroatoms. The second-order valence-corrected chi connectivity index (χ2v) is 4.69. The van der Waals surface area contributed by atoms with Gasteiger partial charge in [-0.2, -0.15) is 4.37 Å². The number of hydrogen-bond donors (Lipinski definition) is 1. The van der Waals surface area contributed by atoms with Crippen LogP contribution in [-0.4, -0.2) is 47.4 Å². The standard InChI is InChI=1S/C9H16N4S/c1-12-2-4-13(5-3-12)7-8-6-9(10)11-14-8/h6H,2-5,7H2,1H3,(H2,10,11). The molecule has 0 amide bonds. The zero-order chi connectivity index (χ0) is 9.97. The lowest BCUT2D eigenvalue weighted by atomic mass is 10.3. The van der Waals surface area contributed by atoms with E-state index < -0.39 is 0 Å². The van der Waals surface area contributed by atoms with Gasteiger partial charge >= 0.3 is 0 Å². The Hall–Kier alpha value is -0.650. The first-order valence-electron chi connectivity index (χ1n) is 4.86. The Kier molecular flexibility index (Phi) is 3.00. The minimum absolute atomic E-state index is 0.652. The van der Waals surface area contributed by atoms with Gasteiger partial charge in [0.1, 0.15) is 5.82 Å². The molecule has 0 spiro atoms. The zero-order valence-corrected chi connectivity index (χ0v) is 9.26.